The summed E-state index contributed by atoms with van der Waals surface area (Å²) in [5.74, 6) is -0.463. The molecule has 6 heteroatoms. The molecule has 0 aliphatic heterocycles. The number of halogens is 4. The van der Waals surface area contributed by atoms with Crippen molar-refractivity contribution in [2.45, 2.75) is 13.1 Å². The highest BCUT2D eigenvalue weighted by Gasteiger charge is 2.31. The minimum absolute atomic E-state index is 0.0696. The third-order valence-electron chi connectivity index (χ3n) is 1.55. The summed E-state index contributed by atoms with van der Waals surface area (Å²) in [7, 11) is 0. The smallest absolute Gasteiger partial charge is 0.294 e. The van der Waals surface area contributed by atoms with Crippen LogP contribution in [0.25, 0.3) is 0 Å². The number of pyridine rings is 1. The lowest BCUT2D eigenvalue weighted by atomic mass is 10.1. The second-order valence-corrected chi connectivity index (χ2v) is 3.37. The summed E-state index contributed by atoms with van der Waals surface area (Å²) >= 11 is 2.90. The summed E-state index contributed by atoms with van der Waals surface area (Å²) in [5.41, 5.74) is -0.995. The molecule has 0 saturated carbocycles. The highest BCUT2D eigenvalue weighted by atomic mass is 79.9. The Labute approximate surface area is 86.3 Å². The lowest BCUT2D eigenvalue weighted by molar-refractivity contribution is -0.137. The minimum Gasteiger partial charge on any atom is -0.294 e. The van der Waals surface area contributed by atoms with Crippen LogP contribution in [0, 0.1) is 0 Å². The van der Waals surface area contributed by atoms with Crippen molar-refractivity contribution in [2.24, 2.45) is 0 Å². The predicted molar refractivity (Wildman–Crippen MR) is 46.9 cm³/mol. The normalized spacial score (nSPS) is 11.5. The summed E-state index contributed by atoms with van der Waals surface area (Å²) < 4.78 is 36.7. The Bertz CT molecular complexity index is 375. The van der Waals surface area contributed by atoms with Gasteiger partial charge in [0.15, 0.2) is 5.78 Å². The van der Waals surface area contributed by atoms with Gasteiger partial charge in [-0.15, -0.1) is 0 Å². The number of carbonyl (C=O) groups is 1. The average Bonchev–Trinajstić information content (AvgIpc) is 2.02. The molecule has 0 radical (unpaired) electrons. The lowest BCUT2D eigenvalue weighted by Crippen LogP contribution is -2.08. The topological polar surface area (TPSA) is 30.0 Å². The first kappa shape index (κ1) is 11.2. The van der Waals surface area contributed by atoms with Gasteiger partial charge in [0.25, 0.3) is 0 Å². The molecule has 0 aromatic carbocycles. The van der Waals surface area contributed by atoms with Gasteiger partial charge in [-0.3, -0.25) is 4.79 Å². The van der Waals surface area contributed by atoms with Gasteiger partial charge in [-0.2, -0.15) is 13.2 Å². The number of ketones is 1. The largest absolute Gasteiger partial charge is 0.417 e. The van der Waals surface area contributed by atoms with Crippen molar-refractivity contribution in [3.8, 4) is 0 Å². The molecule has 1 heterocycles. The Morgan fingerprint density at radius 3 is 2.50 bits per heavy atom. The first-order valence-electron chi connectivity index (χ1n) is 3.56. The Morgan fingerprint density at radius 1 is 1.50 bits per heavy atom. The predicted octanol–water partition coefficient (Wildman–Crippen LogP) is 3.07. The Kier molecular flexibility index (Phi) is 2.94. The van der Waals surface area contributed by atoms with Crippen LogP contribution in [0.3, 0.4) is 0 Å². The van der Waals surface area contributed by atoms with Crippen molar-refractivity contribution in [1.82, 2.24) is 4.98 Å². The Balaban J connectivity index is 3.27. The van der Waals surface area contributed by atoms with Gasteiger partial charge in [0, 0.05) is 6.20 Å². The maximum absolute atomic E-state index is 12.2. The van der Waals surface area contributed by atoms with E-state index >= 15 is 0 Å². The molecule has 0 spiro atoms. The van der Waals surface area contributed by atoms with E-state index in [0.717, 1.165) is 6.07 Å². The van der Waals surface area contributed by atoms with Gasteiger partial charge in [0.1, 0.15) is 4.60 Å². The third kappa shape index (κ3) is 2.31. The molecule has 0 unspecified atom stereocenters. The number of Topliss-reactive ketones (excluding diaryl/α,β-unsaturated/α-hetero) is 1. The number of alkyl halides is 3. The highest BCUT2D eigenvalue weighted by Crippen LogP contribution is 2.30. The van der Waals surface area contributed by atoms with Crippen LogP contribution in [0.4, 0.5) is 13.2 Å². The summed E-state index contributed by atoms with van der Waals surface area (Å²) in [6.07, 6.45) is -3.80. The molecule has 0 bridgehead atoms. The zero-order chi connectivity index (χ0) is 10.9. The maximum atomic E-state index is 12.2. The molecular weight excluding hydrogens is 263 g/mol. The van der Waals surface area contributed by atoms with Crippen LogP contribution in [0.2, 0.25) is 0 Å². The third-order valence-corrected chi connectivity index (χ3v) is 2.18. The van der Waals surface area contributed by atoms with E-state index in [0.29, 0.717) is 6.20 Å². The van der Waals surface area contributed by atoms with Crippen LogP contribution in [0.5, 0.6) is 0 Å². The van der Waals surface area contributed by atoms with Gasteiger partial charge < -0.3 is 0 Å². The van der Waals surface area contributed by atoms with Crippen LogP contribution in [0.1, 0.15) is 22.8 Å². The second kappa shape index (κ2) is 3.68. The molecule has 1 aromatic rings. The lowest BCUT2D eigenvalue weighted by Gasteiger charge is -2.07. The maximum Gasteiger partial charge on any atom is 0.417 e. The van der Waals surface area contributed by atoms with E-state index < -0.39 is 17.5 Å². The number of hydrogen-bond donors (Lipinski definition) is 0. The quantitative estimate of drug-likeness (QED) is 0.578. The molecule has 2 nitrogen and oxygen atoms in total. The fourth-order valence-corrected chi connectivity index (χ4v) is 1.35. The number of rotatable bonds is 1. The standard InChI is InChI=1S/C8H5BrF3NO/c1-4(14)6-2-5(8(10,11)12)3-13-7(6)9/h2-3H,1H3. The van der Waals surface area contributed by atoms with Gasteiger partial charge in [-0.1, -0.05) is 0 Å². The van der Waals surface area contributed by atoms with Gasteiger partial charge in [0.05, 0.1) is 11.1 Å². The Hall–Kier alpha value is -0.910. The summed E-state index contributed by atoms with van der Waals surface area (Å²) in [5, 5.41) is 0. The van der Waals surface area contributed by atoms with Crippen LogP contribution in [-0.4, -0.2) is 10.8 Å². The molecule has 0 saturated heterocycles. The molecule has 0 aliphatic carbocycles. The van der Waals surface area contributed by atoms with Crippen molar-refractivity contribution in [3.05, 3.63) is 28.0 Å². The van der Waals surface area contributed by atoms with E-state index in [4.69, 9.17) is 0 Å². The van der Waals surface area contributed by atoms with E-state index in [-0.39, 0.29) is 10.2 Å². The number of hydrogen-bond acceptors (Lipinski definition) is 2. The molecule has 0 amide bonds. The molecule has 1 rings (SSSR count). The summed E-state index contributed by atoms with van der Waals surface area (Å²) in [6, 6.07) is 0.777. The van der Waals surface area contributed by atoms with Crippen molar-refractivity contribution in [3.63, 3.8) is 0 Å². The van der Waals surface area contributed by atoms with Crippen molar-refractivity contribution < 1.29 is 18.0 Å². The van der Waals surface area contributed by atoms with Gasteiger partial charge in [-0.05, 0) is 28.9 Å². The van der Waals surface area contributed by atoms with E-state index in [1.165, 1.54) is 6.92 Å². The first-order chi connectivity index (χ1) is 6.32. The second-order valence-electron chi connectivity index (χ2n) is 2.62. The molecule has 14 heavy (non-hydrogen) atoms. The SMILES string of the molecule is CC(=O)c1cc(C(F)(F)F)cnc1Br. The first-order valence-corrected chi connectivity index (χ1v) is 4.35. The van der Waals surface area contributed by atoms with E-state index in [9.17, 15) is 18.0 Å². The molecule has 0 N–H and O–H groups in total. The van der Waals surface area contributed by atoms with Crippen LogP contribution in [-0.2, 0) is 6.18 Å². The molecule has 1 aromatic heterocycles. The minimum atomic E-state index is -4.47. The molecular formula is C8H5BrF3NO. The zero-order valence-corrected chi connectivity index (χ0v) is 8.61. The number of nitrogens with zero attached hydrogens (tertiary/aromatic N) is 1. The average molecular weight is 268 g/mol. The van der Waals surface area contributed by atoms with Crippen LogP contribution in [0.15, 0.2) is 16.9 Å². The number of aromatic nitrogens is 1. The number of carbonyl (C=O) groups excluding carboxylic acids is 1. The fraction of sp³-hybridized carbons (Fsp3) is 0.250. The molecule has 0 fully saturated rings. The monoisotopic (exact) mass is 267 g/mol. The van der Waals surface area contributed by atoms with Gasteiger partial charge in [-0.25, -0.2) is 4.98 Å². The summed E-state index contributed by atoms with van der Waals surface area (Å²) in [6.45, 7) is 1.18. The highest BCUT2D eigenvalue weighted by molar-refractivity contribution is 9.10. The van der Waals surface area contributed by atoms with Gasteiger partial charge >= 0.3 is 6.18 Å². The molecule has 0 aliphatic rings. The van der Waals surface area contributed by atoms with Crippen molar-refractivity contribution >= 4 is 21.7 Å². The van der Waals surface area contributed by atoms with E-state index in [1.807, 2.05) is 0 Å². The summed E-state index contributed by atoms with van der Waals surface area (Å²) in [4.78, 5) is 14.4. The van der Waals surface area contributed by atoms with Crippen molar-refractivity contribution in [2.75, 3.05) is 0 Å². The molecule has 76 valence electrons. The van der Waals surface area contributed by atoms with Crippen LogP contribution < -0.4 is 0 Å². The Morgan fingerprint density at radius 2 is 2.07 bits per heavy atom. The van der Waals surface area contributed by atoms with E-state index in [1.54, 1.807) is 0 Å². The zero-order valence-electron chi connectivity index (χ0n) is 7.02. The fourth-order valence-electron chi connectivity index (χ4n) is 0.850. The van der Waals surface area contributed by atoms with Crippen molar-refractivity contribution in [1.29, 1.82) is 0 Å². The van der Waals surface area contributed by atoms with Gasteiger partial charge in [0.2, 0.25) is 0 Å². The molecule has 0 atom stereocenters. The van der Waals surface area contributed by atoms with E-state index in [2.05, 4.69) is 20.9 Å². The van der Waals surface area contributed by atoms with Crippen LogP contribution >= 0.6 is 15.9 Å².